The minimum Gasteiger partial charge on any atom is -0.208 e. The van der Waals surface area contributed by atoms with Crippen LogP contribution in [0.3, 0.4) is 0 Å². The topological polar surface area (TPSA) is 66.9 Å². The Labute approximate surface area is 86.3 Å². The number of nitriles is 1. The van der Waals surface area contributed by atoms with Crippen molar-refractivity contribution in [2.75, 3.05) is 0 Å². The molecule has 2 aromatic rings. The van der Waals surface area contributed by atoms with Crippen LogP contribution in [-0.2, 0) is 0 Å². The van der Waals surface area contributed by atoms with Crippen molar-refractivity contribution >= 4 is 6.21 Å². The summed E-state index contributed by atoms with van der Waals surface area (Å²) < 4.78 is 1.50. The van der Waals surface area contributed by atoms with E-state index >= 15 is 0 Å². The van der Waals surface area contributed by atoms with Crippen molar-refractivity contribution in [2.45, 2.75) is 0 Å². The molecule has 0 unspecified atom stereocenters. The first-order valence-electron chi connectivity index (χ1n) is 4.27. The van der Waals surface area contributed by atoms with Gasteiger partial charge < -0.3 is 0 Å². The van der Waals surface area contributed by atoms with Crippen LogP contribution >= 0.6 is 0 Å². The van der Waals surface area contributed by atoms with Crippen molar-refractivity contribution in [1.82, 2.24) is 14.9 Å². The molecular weight excluding hydrogens is 190 g/mol. The van der Waals surface area contributed by atoms with Crippen LogP contribution in [0.15, 0.2) is 42.0 Å². The summed E-state index contributed by atoms with van der Waals surface area (Å²) in [4.78, 5) is 0. The third-order valence-corrected chi connectivity index (χ3v) is 1.79. The molecule has 1 aromatic carbocycles. The zero-order valence-electron chi connectivity index (χ0n) is 7.78. The lowest BCUT2D eigenvalue weighted by molar-refractivity contribution is 0.878. The van der Waals surface area contributed by atoms with Gasteiger partial charge >= 0.3 is 0 Å². The van der Waals surface area contributed by atoms with E-state index in [9.17, 15) is 0 Å². The SMILES string of the molecule is N#Cc1ccc(/C=N\n2cnnc2)cc1. The van der Waals surface area contributed by atoms with E-state index in [2.05, 4.69) is 21.4 Å². The summed E-state index contributed by atoms with van der Waals surface area (Å²) in [5, 5.41) is 19.9. The first-order valence-corrected chi connectivity index (χ1v) is 4.27. The van der Waals surface area contributed by atoms with Crippen molar-refractivity contribution in [3.8, 4) is 6.07 Å². The first-order chi connectivity index (χ1) is 7.38. The van der Waals surface area contributed by atoms with Crippen molar-refractivity contribution in [3.05, 3.63) is 48.0 Å². The van der Waals surface area contributed by atoms with Gasteiger partial charge in [0.15, 0.2) is 0 Å². The molecule has 0 atom stereocenters. The minimum atomic E-state index is 0.636. The maximum Gasteiger partial charge on any atom is 0.141 e. The van der Waals surface area contributed by atoms with Gasteiger partial charge in [-0.3, -0.25) is 0 Å². The van der Waals surface area contributed by atoms with Crippen LogP contribution in [0, 0.1) is 11.3 Å². The van der Waals surface area contributed by atoms with Gasteiger partial charge in [0, 0.05) is 0 Å². The van der Waals surface area contributed by atoms with Gasteiger partial charge in [0.1, 0.15) is 12.7 Å². The van der Waals surface area contributed by atoms with Crippen LogP contribution in [0.5, 0.6) is 0 Å². The van der Waals surface area contributed by atoms with Gasteiger partial charge in [0.05, 0.1) is 17.8 Å². The third-order valence-electron chi connectivity index (χ3n) is 1.79. The highest BCUT2D eigenvalue weighted by molar-refractivity contribution is 5.79. The lowest BCUT2D eigenvalue weighted by atomic mass is 10.2. The molecule has 0 saturated heterocycles. The van der Waals surface area contributed by atoms with Crippen LogP contribution in [-0.4, -0.2) is 21.1 Å². The van der Waals surface area contributed by atoms with Gasteiger partial charge in [-0.25, -0.2) is 4.68 Å². The van der Waals surface area contributed by atoms with E-state index in [1.165, 1.54) is 17.3 Å². The molecule has 5 nitrogen and oxygen atoms in total. The molecule has 0 saturated carbocycles. The van der Waals surface area contributed by atoms with Crippen LogP contribution in [0.4, 0.5) is 0 Å². The van der Waals surface area contributed by atoms with Gasteiger partial charge in [-0.1, -0.05) is 12.1 Å². The smallest absolute Gasteiger partial charge is 0.141 e. The molecule has 0 radical (unpaired) electrons. The van der Waals surface area contributed by atoms with Crippen molar-refractivity contribution < 1.29 is 0 Å². The summed E-state index contributed by atoms with van der Waals surface area (Å²) in [6.45, 7) is 0. The second-order valence-electron chi connectivity index (χ2n) is 2.82. The number of benzene rings is 1. The monoisotopic (exact) mass is 197 g/mol. The summed E-state index contributed by atoms with van der Waals surface area (Å²) in [5.74, 6) is 0. The van der Waals surface area contributed by atoms with Crippen molar-refractivity contribution in [1.29, 1.82) is 5.26 Å². The van der Waals surface area contributed by atoms with Crippen molar-refractivity contribution in [3.63, 3.8) is 0 Å². The van der Waals surface area contributed by atoms with E-state index in [0.29, 0.717) is 5.56 Å². The molecule has 15 heavy (non-hydrogen) atoms. The average molecular weight is 197 g/mol. The van der Waals surface area contributed by atoms with Crippen LogP contribution in [0.2, 0.25) is 0 Å². The fourth-order valence-electron chi connectivity index (χ4n) is 1.03. The normalized spacial score (nSPS) is 10.3. The summed E-state index contributed by atoms with van der Waals surface area (Å²) >= 11 is 0. The van der Waals surface area contributed by atoms with E-state index in [-0.39, 0.29) is 0 Å². The lowest BCUT2D eigenvalue weighted by Gasteiger charge is -1.92. The molecule has 0 spiro atoms. The maximum atomic E-state index is 8.60. The zero-order chi connectivity index (χ0) is 10.5. The predicted molar refractivity (Wildman–Crippen MR) is 54.2 cm³/mol. The predicted octanol–water partition coefficient (Wildman–Crippen LogP) is 1.03. The zero-order valence-corrected chi connectivity index (χ0v) is 7.78. The van der Waals surface area contributed by atoms with Gasteiger partial charge in [0.25, 0.3) is 0 Å². The van der Waals surface area contributed by atoms with Crippen LogP contribution in [0.1, 0.15) is 11.1 Å². The molecule has 1 heterocycles. The van der Waals surface area contributed by atoms with E-state index in [0.717, 1.165) is 5.56 Å². The Balaban J connectivity index is 2.15. The molecule has 0 amide bonds. The average Bonchev–Trinajstić information content (AvgIpc) is 2.80. The molecule has 2 rings (SSSR count). The minimum absolute atomic E-state index is 0.636. The van der Waals surface area contributed by atoms with Gasteiger partial charge in [-0.2, -0.15) is 10.4 Å². The number of aromatic nitrogens is 3. The summed E-state index contributed by atoms with van der Waals surface area (Å²) in [6.07, 6.45) is 4.67. The Bertz CT molecular complexity index is 490. The fourth-order valence-corrected chi connectivity index (χ4v) is 1.03. The maximum absolute atomic E-state index is 8.60. The van der Waals surface area contributed by atoms with E-state index < -0.39 is 0 Å². The standard InChI is InChI=1S/C10H7N5/c11-5-9-1-3-10(4-2-9)6-14-15-7-12-13-8-15/h1-4,6-8H/b14-6-. The molecule has 0 aliphatic carbocycles. The Morgan fingerprint density at radius 3 is 2.47 bits per heavy atom. The molecular formula is C10H7N5. The Hall–Kier alpha value is -2.48. The summed E-state index contributed by atoms with van der Waals surface area (Å²) in [7, 11) is 0. The second kappa shape index (κ2) is 4.15. The molecule has 0 aliphatic rings. The Kier molecular flexibility index (Phi) is 2.52. The molecule has 0 aliphatic heterocycles. The molecule has 0 fully saturated rings. The Morgan fingerprint density at radius 1 is 1.20 bits per heavy atom. The first kappa shape index (κ1) is 9.09. The van der Waals surface area contributed by atoms with Crippen LogP contribution in [0.25, 0.3) is 0 Å². The molecule has 72 valence electrons. The van der Waals surface area contributed by atoms with Gasteiger partial charge in [0.2, 0.25) is 0 Å². The number of nitrogens with zero attached hydrogens (tertiary/aromatic N) is 5. The molecule has 0 bridgehead atoms. The van der Waals surface area contributed by atoms with Gasteiger partial charge in [-0.15, -0.1) is 10.2 Å². The van der Waals surface area contributed by atoms with E-state index in [1.54, 1.807) is 18.3 Å². The molecule has 1 aromatic heterocycles. The number of rotatable bonds is 2. The highest BCUT2D eigenvalue weighted by atomic mass is 15.4. The Morgan fingerprint density at radius 2 is 1.87 bits per heavy atom. The van der Waals surface area contributed by atoms with E-state index in [1.807, 2.05) is 12.1 Å². The third kappa shape index (κ3) is 2.25. The largest absolute Gasteiger partial charge is 0.208 e. The number of hydrogen-bond acceptors (Lipinski definition) is 4. The highest BCUT2D eigenvalue weighted by Crippen LogP contribution is 2.00. The lowest BCUT2D eigenvalue weighted by Crippen LogP contribution is -1.87. The summed E-state index contributed by atoms with van der Waals surface area (Å²) in [5.41, 5.74) is 1.55. The second-order valence-corrected chi connectivity index (χ2v) is 2.82. The quantitative estimate of drug-likeness (QED) is 0.675. The van der Waals surface area contributed by atoms with Crippen molar-refractivity contribution in [2.24, 2.45) is 5.10 Å². The fraction of sp³-hybridized carbons (Fsp3) is 0. The van der Waals surface area contributed by atoms with E-state index in [4.69, 9.17) is 5.26 Å². The summed E-state index contributed by atoms with van der Waals surface area (Å²) in [6, 6.07) is 9.19. The van der Waals surface area contributed by atoms with Gasteiger partial charge in [-0.05, 0) is 17.7 Å². The van der Waals surface area contributed by atoms with Crippen LogP contribution < -0.4 is 0 Å². The number of hydrogen-bond donors (Lipinski definition) is 0. The molecule has 0 N–H and O–H groups in total. The highest BCUT2D eigenvalue weighted by Gasteiger charge is 1.90. The molecule has 5 heteroatoms.